The van der Waals surface area contributed by atoms with Crippen LogP contribution in [-0.4, -0.2) is 17.9 Å². The molecule has 1 aliphatic heterocycles. The molecule has 0 bridgehead atoms. The highest BCUT2D eigenvalue weighted by molar-refractivity contribution is 6.04. The summed E-state index contributed by atoms with van der Waals surface area (Å²) in [5.74, 6) is 0.739. The molecule has 1 N–H and O–H groups in total. The molecule has 4 rings (SSSR count). The van der Waals surface area contributed by atoms with Gasteiger partial charge in [0.15, 0.2) is 6.10 Å². The van der Waals surface area contributed by atoms with Crippen LogP contribution in [-0.2, 0) is 16.1 Å². The van der Waals surface area contributed by atoms with E-state index in [0.29, 0.717) is 29.6 Å². The van der Waals surface area contributed by atoms with Crippen molar-refractivity contribution in [2.24, 2.45) is 0 Å². The van der Waals surface area contributed by atoms with Crippen LogP contribution in [0.15, 0.2) is 72.8 Å². The van der Waals surface area contributed by atoms with Crippen molar-refractivity contribution in [1.82, 2.24) is 0 Å². The maximum Gasteiger partial charge on any atom is 0.268 e. The minimum absolute atomic E-state index is 0.110. The van der Waals surface area contributed by atoms with Gasteiger partial charge in [0.1, 0.15) is 5.75 Å². The number of nitrogens with one attached hydrogen (secondary N) is 1. The van der Waals surface area contributed by atoms with E-state index < -0.39 is 6.10 Å². The first-order valence-electron chi connectivity index (χ1n) is 11.6. The molecule has 0 saturated heterocycles. The Hall–Kier alpha value is -3.86. The summed E-state index contributed by atoms with van der Waals surface area (Å²) in [4.78, 5) is 27.2. The number of rotatable bonds is 6. The Bertz CT molecular complexity index is 1210. The predicted octanol–water partition coefficient (Wildman–Crippen LogP) is 6.08. The van der Waals surface area contributed by atoms with Crippen LogP contribution in [0.25, 0.3) is 6.08 Å². The molecular formula is C29H30N2O3. The molecule has 2 amide bonds. The maximum atomic E-state index is 12.9. The Morgan fingerprint density at radius 2 is 1.76 bits per heavy atom. The molecule has 0 fully saturated rings. The number of carbonyl (C=O) groups excluding carboxylic acids is 2. The van der Waals surface area contributed by atoms with E-state index in [1.165, 1.54) is 17.2 Å². The average molecular weight is 455 g/mol. The van der Waals surface area contributed by atoms with Crippen molar-refractivity contribution < 1.29 is 14.3 Å². The van der Waals surface area contributed by atoms with Gasteiger partial charge in [-0.2, -0.15) is 0 Å². The lowest BCUT2D eigenvalue weighted by atomic mass is 10.0. The Morgan fingerprint density at radius 1 is 1.06 bits per heavy atom. The molecule has 0 saturated carbocycles. The van der Waals surface area contributed by atoms with Crippen LogP contribution in [0.2, 0.25) is 0 Å². The number of anilines is 2. The van der Waals surface area contributed by atoms with Gasteiger partial charge >= 0.3 is 0 Å². The van der Waals surface area contributed by atoms with E-state index in [1.54, 1.807) is 36.1 Å². The fraction of sp³-hybridized carbons (Fsp3) is 0.241. The van der Waals surface area contributed by atoms with Crippen LogP contribution >= 0.6 is 0 Å². The molecule has 0 spiro atoms. The van der Waals surface area contributed by atoms with Gasteiger partial charge in [-0.15, -0.1) is 0 Å². The van der Waals surface area contributed by atoms with Crippen molar-refractivity contribution in [3.05, 3.63) is 95.1 Å². The smallest absolute Gasteiger partial charge is 0.268 e. The lowest BCUT2D eigenvalue weighted by Crippen LogP contribution is -2.44. The van der Waals surface area contributed by atoms with Gasteiger partial charge in [0.05, 0.1) is 12.2 Å². The van der Waals surface area contributed by atoms with Gasteiger partial charge in [0.2, 0.25) is 5.91 Å². The first-order chi connectivity index (χ1) is 16.3. The monoisotopic (exact) mass is 454 g/mol. The van der Waals surface area contributed by atoms with Gasteiger partial charge in [-0.25, -0.2) is 0 Å². The molecule has 174 valence electrons. The lowest BCUT2D eigenvalue weighted by molar-refractivity contribution is -0.125. The fourth-order valence-electron chi connectivity index (χ4n) is 3.87. The lowest BCUT2D eigenvalue weighted by Gasteiger charge is -2.33. The minimum Gasteiger partial charge on any atom is -0.479 e. The second-order valence-corrected chi connectivity index (χ2v) is 9.00. The van der Waals surface area contributed by atoms with Crippen LogP contribution in [0.5, 0.6) is 5.75 Å². The highest BCUT2D eigenvalue weighted by Gasteiger charge is 2.31. The summed E-state index contributed by atoms with van der Waals surface area (Å²) in [5.41, 5.74) is 5.66. The van der Waals surface area contributed by atoms with Crippen LogP contribution < -0.4 is 15.0 Å². The van der Waals surface area contributed by atoms with E-state index in [2.05, 4.69) is 31.3 Å². The standard InChI is InChI=1S/C29H30N2O3/c1-19(2)24-12-9-22(10-13-24)11-16-28(32)30-25-14-15-27-26(17-25)31(29(33)21(4)34-27)18-23-7-5-20(3)6-8-23/h5-17,19,21H,18H2,1-4H3,(H,30,32)/b16-11+. The maximum absolute atomic E-state index is 12.9. The van der Waals surface area contributed by atoms with Crippen LogP contribution in [0.3, 0.4) is 0 Å². The molecule has 1 aliphatic rings. The number of hydrogen-bond donors (Lipinski definition) is 1. The molecule has 0 radical (unpaired) electrons. The third kappa shape index (κ3) is 5.37. The number of amides is 2. The molecule has 3 aromatic carbocycles. The summed E-state index contributed by atoms with van der Waals surface area (Å²) >= 11 is 0. The SMILES string of the molecule is Cc1ccc(CN2C(=O)C(C)Oc3ccc(NC(=O)/C=C/c4ccc(C(C)C)cc4)cc32)cc1. The molecule has 1 unspecified atom stereocenters. The van der Waals surface area contributed by atoms with E-state index in [-0.39, 0.29) is 11.8 Å². The topological polar surface area (TPSA) is 58.6 Å². The Morgan fingerprint density at radius 3 is 2.44 bits per heavy atom. The summed E-state index contributed by atoms with van der Waals surface area (Å²) in [6.07, 6.45) is 2.73. The number of aryl methyl sites for hydroxylation is 1. The molecule has 34 heavy (non-hydrogen) atoms. The molecule has 0 aliphatic carbocycles. The second kappa shape index (κ2) is 9.96. The van der Waals surface area contributed by atoms with E-state index >= 15 is 0 Å². The normalized spacial score (nSPS) is 15.4. The fourth-order valence-corrected chi connectivity index (χ4v) is 3.87. The van der Waals surface area contributed by atoms with Crippen LogP contribution in [0.1, 0.15) is 48.9 Å². The average Bonchev–Trinajstić information content (AvgIpc) is 2.82. The number of hydrogen-bond acceptors (Lipinski definition) is 3. The van der Waals surface area contributed by atoms with Gasteiger partial charge in [-0.3, -0.25) is 9.59 Å². The first-order valence-corrected chi connectivity index (χ1v) is 11.6. The highest BCUT2D eigenvalue weighted by atomic mass is 16.5. The summed E-state index contributed by atoms with van der Waals surface area (Å²) in [7, 11) is 0. The molecule has 1 atom stereocenters. The number of ether oxygens (including phenoxy) is 1. The summed E-state index contributed by atoms with van der Waals surface area (Å²) in [5, 5.41) is 2.89. The van der Waals surface area contributed by atoms with E-state index in [9.17, 15) is 9.59 Å². The van der Waals surface area contributed by atoms with E-state index in [0.717, 1.165) is 11.1 Å². The largest absolute Gasteiger partial charge is 0.479 e. The minimum atomic E-state index is -0.566. The van der Waals surface area contributed by atoms with Gasteiger partial charge < -0.3 is 15.0 Å². The van der Waals surface area contributed by atoms with Crippen molar-refractivity contribution in [2.45, 2.75) is 46.3 Å². The Labute approximate surface area is 201 Å². The van der Waals surface area contributed by atoms with Crippen molar-refractivity contribution in [2.75, 3.05) is 10.2 Å². The highest BCUT2D eigenvalue weighted by Crippen LogP contribution is 2.37. The van der Waals surface area contributed by atoms with Gasteiger partial charge in [-0.05, 0) is 60.7 Å². The molecule has 5 nitrogen and oxygen atoms in total. The summed E-state index contributed by atoms with van der Waals surface area (Å²) < 4.78 is 5.80. The van der Waals surface area contributed by atoms with Crippen molar-refractivity contribution >= 4 is 29.3 Å². The summed E-state index contributed by atoms with van der Waals surface area (Å²) in [6, 6.07) is 21.6. The second-order valence-electron chi connectivity index (χ2n) is 9.00. The third-order valence-electron chi connectivity index (χ3n) is 5.93. The Kier molecular flexibility index (Phi) is 6.82. The van der Waals surface area contributed by atoms with Crippen molar-refractivity contribution in [3.63, 3.8) is 0 Å². The molecule has 1 heterocycles. The number of benzene rings is 3. The van der Waals surface area contributed by atoms with Gasteiger partial charge in [0.25, 0.3) is 5.91 Å². The molecular weight excluding hydrogens is 424 g/mol. The van der Waals surface area contributed by atoms with E-state index in [4.69, 9.17) is 4.74 Å². The first kappa shape index (κ1) is 23.3. The van der Waals surface area contributed by atoms with E-state index in [1.807, 2.05) is 43.3 Å². The quantitative estimate of drug-likeness (QED) is 0.459. The number of fused-ring (bicyclic) bond motifs is 1. The number of nitrogens with zero attached hydrogens (tertiary/aromatic N) is 1. The predicted molar refractivity (Wildman–Crippen MR) is 137 cm³/mol. The molecule has 5 heteroatoms. The Balaban J connectivity index is 1.50. The third-order valence-corrected chi connectivity index (χ3v) is 5.93. The molecule has 3 aromatic rings. The van der Waals surface area contributed by atoms with Gasteiger partial charge in [-0.1, -0.05) is 67.9 Å². The summed E-state index contributed by atoms with van der Waals surface area (Å²) in [6.45, 7) is 8.52. The number of carbonyl (C=O) groups is 2. The zero-order valence-electron chi connectivity index (χ0n) is 20.0. The molecule has 0 aromatic heterocycles. The zero-order chi connectivity index (χ0) is 24.2. The zero-order valence-corrected chi connectivity index (χ0v) is 20.0. The van der Waals surface area contributed by atoms with Crippen molar-refractivity contribution in [3.8, 4) is 5.75 Å². The van der Waals surface area contributed by atoms with Crippen molar-refractivity contribution in [1.29, 1.82) is 0 Å². The van der Waals surface area contributed by atoms with Gasteiger partial charge in [0, 0.05) is 11.8 Å². The van der Waals surface area contributed by atoms with Crippen LogP contribution in [0.4, 0.5) is 11.4 Å². The van der Waals surface area contributed by atoms with Crippen LogP contribution in [0, 0.1) is 6.92 Å².